The van der Waals surface area contributed by atoms with E-state index >= 15 is 0 Å². The third kappa shape index (κ3) is 5.72. The molecule has 0 radical (unpaired) electrons. The molecule has 1 amide bonds. The van der Waals surface area contributed by atoms with E-state index in [9.17, 15) is 9.59 Å². The molecule has 32 heavy (non-hydrogen) atoms. The number of nitrogens with one attached hydrogen (secondary N) is 1. The molecule has 3 aromatic rings. The Morgan fingerprint density at radius 3 is 2.44 bits per heavy atom. The molecule has 0 saturated carbocycles. The molecule has 1 N–H and O–H groups in total. The summed E-state index contributed by atoms with van der Waals surface area (Å²) in [4.78, 5) is 24.6. The first-order valence-electron chi connectivity index (χ1n) is 10.6. The average molecular weight is 432 g/mol. The Kier molecular flexibility index (Phi) is 7.25. The quantitative estimate of drug-likeness (QED) is 0.433. The van der Waals surface area contributed by atoms with Crippen molar-refractivity contribution in [3.8, 4) is 0 Å². The summed E-state index contributed by atoms with van der Waals surface area (Å²) in [5.74, 6) is -0.957. The topological polar surface area (TPSA) is 73.2 Å². The lowest BCUT2D eigenvalue weighted by Crippen LogP contribution is -2.29. The fourth-order valence-electron chi connectivity index (χ4n) is 3.34. The van der Waals surface area contributed by atoms with Crippen LogP contribution in [-0.2, 0) is 20.9 Å². The largest absolute Gasteiger partial charge is 0.449 e. The molecule has 6 heteroatoms. The Bertz CT molecular complexity index is 1140. The number of hydrogen-bond donors (Lipinski definition) is 1. The number of aromatic nitrogens is 2. The SMILES string of the molecule is Cc1ccc(Cn2nc(C)c(/C=C/C(=O)OC(C)C(=O)Nc3ccccc3C)c2C)cc1. The van der Waals surface area contributed by atoms with Gasteiger partial charge in [0, 0.05) is 23.0 Å². The van der Waals surface area contributed by atoms with E-state index in [2.05, 4.69) is 41.6 Å². The van der Waals surface area contributed by atoms with Gasteiger partial charge in [-0.15, -0.1) is 0 Å². The Morgan fingerprint density at radius 1 is 1.06 bits per heavy atom. The Balaban J connectivity index is 1.62. The molecule has 0 bridgehead atoms. The van der Waals surface area contributed by atoms with E-state index < -0.39 is 12.1 Å². The molecule has 1 heterocycles. The van der Waals surface area contributed by atoms with Crippen molar-refractivity contribution in [2.75, 3.05) is 5.32 Å². The summed E-state index contributed by atoms with van der Waals surface area (Å²) in [7, 11) is 0. The number of aryl methyl sites for hydroxylation is 3. The summed E-state index contributed by atoms with van der Waals surface area (Å²) in [6.07, 6.45) is 2.11. The lowest BCUT2D eigenvalue weighted by Gasteiger charge is -2.13. The molecule has 0 aliphatic heterocycles. The zero-order chi connectivity index (χ0) is 23.3. The van der Waals surface area contributed by atoms with Gasteiger partial charge in [-0.2, -0.15) is 5.10 Å². The monoisotopic (exact) mass is 431 g/mol. The standard InChI is InChI=1S/C26H29N3O3/c1-17-10-12-22(13-11-17)16-29-20(4)23(19(3)28-29)14-15-25(30)32-21(5)26(31)27-24-9-7-6-8-18(24)2/h6-15,21H,16H2,1-5H3,(H,27,31)/b15-14+. The average Bonchev–Trinajstić information content (AvgIpc) is 3.02. The lowest BCUT2D eigenvalue weighted by molar-refractivity contribution is -0.148. The van der Waals surface area contributed by atoms with Crippen LogP contribution in [0.5, 0.6) is 0 Å². The number of nitrogens with zero attached hydrogens (tertiary/aromatic N) is 2. The van der Waals surface area contributed by atoms with Crippen molar-refractivity contribution in [3.63, 3.8) is 0 Å². The summed E-state index contributed by atoms with van der Waals surface area (Å²) in [5.41, 5.74) is 6.65. The third-order valence-electron chi connectivity index (χ3n) is 5.34. The predicted octanol–water partition coefficient (Wildman–Crippen LogP) is 4.75. The van der Waals surface area contributed by atoms with E-state index in [1.807, 2.05) is 49.7 Å². The van der Waals surface area contributed by atoms with Gasteiger partial charge in [0.25, 0.3) is 5.91 Å². The highest BCUT2D eigenvalue weighted by Crippen LogP contribution is 2.17. The van der Waals surface area contributed by atoms with Crippen LogP contribution in [0.2, 0.25) is 0 Å². The zero-order valence-corrected chi connectivity index (χ0v) is 19.2. The van der Waals surface area contributed by atoms with Crippen molar-refractivity contribution in [2.45, 2.75) is 47.3 Å². The first-order chi connectivity index (χ1) is 15.2. The molecule has 6 nitrogen and oxygen atoms in total. The van der Waals surface area contributed by atoms with E-state index in [-0.39, 0.29) is 5.91 Å². The highest BCUT2D eigenvalue weighted by molar-refractivity contribution is 5.97. The number of para-hydroxylation sites is 1. The molecule has 2 aromatic carbocycles. The van der Waals surface area contributed by atoms with Gasteiger partial charge in [-0.3, -0.25) is 9.48 Å². The van der Waals surface area contributed by atoms with Crippen LogP contribution in [0.15, 0.2) is 54.6 Å². The van der Waals surface area contributed by atoms with Crippen molar-refractivity contribution in [1.82, 2.24) is 9.78 Å². The summed E-state index contributed by atoms with van der Waals surface area (Å²) >= 11 is 0. The van der Waals surface area contributed by atoms with Gasteiger partial charge >= 0.3 is 5.97 Å². The molecular formula is C26H29N3O3. The molecule has 0 fully saturated rings. The lowest BCUT2D eigenvalue weighted by atomic mass is 10.1. The minimum Gasteiger partial charge on any atom is -0.449 e. The fourth-order valence-corrected chi connectivity index (χ4v) is 3.34. The van der Waals surface area contributed by atoms with Crippen molar-refractivity contribution in [3.05, 3.63) is 88.2 Å². The van der Waals surface area contributed by atoms with Crippen LogP contribution < -0.4 is 5.32 Å². The maximum Gasteiger partial charge on any atom is 0.331 e. The summed E-state index contributed by atoms with van der Waals surface area (Å²) in [6.45, 7) is 10.0. The summed E-state index contributed by atoms with van der Waals surface area (Å²) in [5, 5.41) is 7.38. The van der Waals surface area contributed by atoms with Crippen molar-refractivity contribution < 1.29 is 14.3 Å². The molecule has 3 rings (SSSR count). The van der Waals surface area contributed by atoms with Crippen LogP contribution in [0.1, 0.15) is 40.6 Å². The van der Waals surface area contributed by atoms with Gasteiger partial charge in [-0.25, -0.2) is 4.79 Å². The van der Waals surface area contributed by atoms with Crippen molar-refractivity contribution in [2.24, 2.45) is 0 Å². The zero-order valence-electron chi connectivity index (χ0n) is 19.2. The second-order valence-electron chi connectivity index (χ2n) is 7.94. The number of hydrogen-bond acceptors (Lipinski definition) is 4. The molecule has 1 unspecified atom stereocenters. The minimum absolute atomic E-state index is 0.376. The van der Waals surface area contributed by atoms with Crippen LogP contribution in [0, 0.1) is 27.7 Å². The van der Waals surface area contributed by atoms with E-state index in [0.29, 0.717) is 12.2 Å². The molecular weight excluding hydrogens is 402 g/mol. The van der Waals surface area contributed by atoms with Crippen LogP contribution in [-0.4, -0.2) is 27.8 Å². The Hall–Kier alpha value is -3.67. The Morgan fingerprint density at radius 2 is 1.75 bits per heavy atom. The van der Waals surface area contributed by atoms with Gasteiger partial charge in [-0.1, -0.05) is 48.0 Å². The fraction of sp³-hybridized carbons (Fsp3) is 0.269. The summed E-state index contributed by atoms with van der Waals surface area (Å²) in [6, 6.07) is 15.8. The molecule has 166 valence electrons. The second kappa shape index (κ2) is 10.1. The number of amides is 1. The van der Waals surface area contributed by atoms with Crippen LogP contribution in [0.3, 0.4) is 0 Å². The maximum absolute atomic E-state index is 12.4. The first-order valence-corrected chi connectivity index (χ1v) is 10.6. The first kappa shape index (κ1) is 23.0. The Labute approximate surface area is 188 Å². The number of benzene rings is 2. The maximum atomic E-state index is 12.4. The number of ether oxygens (including phenoxy) is 1. The number of carbonyl (C=O) groups excluding carboxylic acids is 2. The van der Waals surface area contributed by atoms with Crippen molar-refractivity contribution in [1.29, 1.82) is 0 Å². The predicted molar refractivity (Wildman–Crippen MR) is 126 cm³/mol. The van der Waals surface area contributed by atoms with Gasteiger partial charge in [0.1, 0.15) is 0 Å². The van der Waals surface area contributed by atoms with Gasteiger partial charge in [0.2, 0.25) is 0 Å². The molecule has 0 aliphatic rings. The highest BCUT2D eigenvalue weighted by atomic mass is 16.5. The third-order valence-corrected chi connectivity index (χ3v) is 5.34. The van der Waals surface area contributed by atoms with Gasteiger partial charge < -0.3 is 10.1 Å². The number of carbonyl (C=O) groups is 2. The number of esters is 1. The van der Waals surface area contributed by atoms with Gasteiger partial charge in [0.05, 0.1) is 12.2 Å². The normalized spacial score (nSPS) is 12.0. The van der Waals surface area contributed by atoms with Gasteiger partial charge in [0.15, 0.2) is 6.10 Å². The molecule has 0 aliphatic carbocycles. The molecule has 1 atom stereocenters. The van der Waals surface area contributed by atoms with E-state index in [1.165, 1.54) is 11.6 Å². The molecule has 0 spiro atoms. The van der Waals surface area contributed by atoms with Crippen molar-refractivity contribution >= 4 is 23.6 Å². The van der Waals surface area contributed by atoms with Crippen LogP contribution in [0.4, 0.5) is 5.69 Å². The van der Waals surface area contributed by atoms with E-state index in [0.717, 1.165) is 28.1 Å². The van der Waals surface area contributed by atoms with E-state index in [1.54, 1.807) is 13.0 Å². The summed E-state index contributed by atoms with van der Waals surface area (Å²) < 4.78 is 7.19. The van der Waals surface area contributed by atoms with E-state index in [4.69, 9.17) is 4.74 Å². The van der Waals surface area contributed by atoms with Gasteiger partial charge in [-0.05, 0) is 57.9 Å². The minimum atomic E-state index is -0.918. The number of rotatable bonds is 7. The smallest absolute Gasteiger partial charge is 0.331 e. The molecule has 0 saturated heterocycles. The van der Waals surface area contributed by atoms with Crippen LogP contribution in [0.25, 0.3) is 6.08 Å². The second-order valence-corrected chi connectivity index (χ2v) is 7.94. The highest BCUT2D eigenvalue weighted by Gasteiger charge is 2.17. The molecule has 1 aromatic heterocycles. The van der Waals surface area contributed by atoms with Crippen LogP contribution >= 0.6 is 0 Å². The number of anilines is 1.